The maximum absolute atomic E-state index is 11.6. The number of ether oxygens (including phenoxy) is 1. The molecule has 0 radical (unpaired) electrons. The molecule has 1 aromatic carbocycles. The highest BCUT2D eigenvalue weighted by Crippen LogP contribution is 2.35. The lowest BCUT2D eigenvalue weighted by Gasteiger charge is -2.11. The molecule has 0 unspecified atom stereocenters. The van der Waals surface area contributed by atoms with Gasteiger partial charge in [0.1, 0.15) is 5.75 Å². The van der Waals surface area contributed by atoms with Crippen molar-refractivity contribution < 1.29 is 14.3 Å². The summed E-state index contributed by atoms with van der Waals surface area (Å²) in [6, 6.07) is 3.74. The summed E-state index contributed by atoms with van der Waals surface area (Å²) in [5.41, 5.74) is 1.21. The quantitative estimate of drug-likeness (QED) is 0.620. The number of hydrogen-bond acceptors (Lipinski definition) is 3. The third-order valence-electron chi connectivity index (χ3n) is 2.71. The van der Waals surface area contributed by atoms with Crippen molar-refractivity contribution in [1.29, 1.82) is 0 Å². The Bertz CT molecular complexity index is 596. The third-order valence-corrected chi connectivity index (χ3v) is 3.76. The average molecular weight is 403 g/mol. The van der Waals surface area contributed by atoms with Gasteiger partial charge < -0.3 is 4.74 Å². The van der Waals surface area contributed by atoms with Gasteiger partial charge in [-0.1, -0.05) is 22.9 Å². The molecule has 1 aliphatic heterocycles. The molecule has 0 aromatic heterocycles. The van der Waals surface area contributed by atoms with Gasteiger partial charge in [0.25, 0.3) is 5.91 Å². The van der Waals surface area contributed by atoms with E-state index in [2.05, 4.69) is 37.2 Å². The molecule has 6 heteroatoms. The van der Waals surface area contributed by atoms with Crippen LogP contribution in [-0.4, -0.2) is 18.4 Å². The van der Waals surface area contributed by atoms with Crippen molar-refractivity contribution in [2.45, 2.75) is 19.8 Å². The highest BCUT2D eigenvalue weighted by atomic mass is 79.9. The van der Waals surface area contributed by atoms with Crippen LogP contribution in [0.5, 0.6) is 5.75 Å². The highest BCUT2D eigenvalue weighted by Gasteiger charge is 2.24. The number of nitrogens with one attached hydrogen (secondary N) is 1. The lowest BCUT2D eigenvalue weighted by molar-refractivity contribution is -0.124. The summed E-state index contributed by atoms with van der Waals surface area (Å²) in [7, 11) is 0. The van der Waals surface area contributed by atoms with Crippen molar-refractivity contribution in [2.75, 3.05) is 6.61 Å². The summed E-state index contributed by atoms with van der Waals surface area (Å²) in [5, 5.41) is 2.27. The predicted molar refractivity (Wildman–Crippen MR) is 83.4 cm³/mol. The number of halogens is 2. The first kappa shape index (κ1) is 15.3. The molecule has 1 aliphatic rings. The molecule has 1 aromatic rings. The molecule has 1 N–H and O–H groups in total. The summed E-state index contributed by atoms with van der Waals surface area (Å²) in [6.07, 6.45) is 2.69. The number of imide groups is 1. The Balaban J connectivity index is 2.41. The number of amides is 2. The Morgan fingerprint density at radius 1 is 1.35 bits per heavy atom. The normalized spacial score (nSPS) is 16.6. The van der Waals surface area contributed by atoms with Crippen LogP contribution in [-0.2, 0) is 9.59 Å². The predicted octanol–water partition coefficient (Wildman–Crippen LogP) is 3.43. The first-order valence-corrected chi connectivity index (χ1v) is 7.76. The molecule has 2 amide bonds. The van der Waals surface area contributed by atoms with E-state index in [9.17, 15) is 9.59 Å². The van der Waals surface area contributed by atoms with Crippen LogP contribution in [0.1, 0.15) is 25.3 Å². The Morgan fingerprint density at radius 3 is 2.70 bits per heavy atom. The fourth-order valence-electron chi connectivity index (χ4n) is 1.85. The molecule has 4 nitrogen and oxygen atoms in total. The minimum absolute atomic E-state index is 0.107. The van der Waals surface area contributed by atoms with E-state index in [1.54, 1.807) is 6.08 Å². The van der Waals surface area contributed by atoms with Gasteiger partial charge >= 0.3 is 0 Å². The second kappa shape index (κ2) is 6.54. The van der Waals surface area contributed by atoms with Gasteiger partial charge in [-0.05, 0) is 40.6 Å². The van der Waals surface area contributed by atoms with Crippen molar-refractivity contribution in [3.8, 4) is 5.75 Å². The number of carbonyl (C=O) groups excluding carboxylic acids is 2. The van der Waals surface area contributed by atoms with Crippen LogP contribution in [0.2, 0.25) is 0 Å². The zero-order valence-corrected chi connectivity index (χ0v) is 14.0. The first-order chi connectivity index (χ1) is 9.51. The molecule has 0 saturated carbocycles. The van der Waals surface area contributed by atoms with Gasteiger partial charge in [0.2, 0.25) is 5.91 Å². The molecule has 0 aliphatic carbocycles. The van der Waals surface area contributed by atoms with E-state index in [4.69, 9.17) is 4.74 Å². The van der Waals surface area contributed by atoms with Gasteiger partial charge in [0.05, 0.1) is 17.5 Å². The van der Waals surface area contributed by atoms with Crippen LogP contribution in [0.4, 0.5) is 0 Å². The van der Waals surface area contributed by atoms with Gasteiger partial charge in [-0.2, -0.15) is 0 Å². The standard InChI is InChI=1S/C14H13Br2NO3/c1-2-3-20-13-8(5-10(15)7-11(13)16)4-9-6-12(18)17-14(9)19/h4-5,7H,2-3,6H2,1H3,(H,17,18,19). The van der Waals surface area contributed by atoms with Crippen molar-refractivity contribution in [3.63, 3.8) is 0 Å². The van der Waals surface area contributed by atoms with Gasteiger partial charge in [-0.3, -0.25) is 14.9 Å². The molecule has 2 rings (SSSR count). The van der Waals surface area contributed by atoms with Crippen molar-refractivity contribution in [3.05, 3.63) is 32.2 Å². The molecule has 1 fully saturated rings. The van der Waals surface area contributed by atoms with Crippen LogP contribution in [0.15, 0.2) is 26.7 Å². The number of hydrogen-bond donors (Lipinski definition) is 1. The van der Waals surface area contributed by atoms with Crippen molar-refractivity contribution in [2.24, 2.45) is 0 Å². The Morgan fingerprint density at radius 2 is 2.10 bits per heavy atom. The fraction of sp³-hybridized carbons (Fsp3) is 0.286. The molecule has 0 bridgehead atoms. The minimum Gasteiger partial charge on any atom is -0.492 e. The van der Waals surface area contributed by atoms with Gasteiger partial charge in [-0.15, -0.1) is 0 Å². The zero-order chi connectivity index (χ0) is 14.7. The zero-order valence-electron chi connectivity index (χ0n) is 10.8. The molecule has 0 spiro atoms. The lowest BCUT2D eigenvalue weighted by Crippen LogP contribution is -2.19. The summed E-state index contributed by atoms with van der Waals surface area (Å²) in [6.45, 7) is 2.61. The van der Waals surface area contributed by atoms with Crippen LogP contribution in [0.3, 0.4) is 0 Å². The average Bonchev–Trinajstić information content (AvgIpc) is 2.66. The molecule has 20 heavy (non-hydrogen) atoms. The molecule has 1 saturated heterocycles. The van der Waals surface area contributed by atoms with Crippen LogP contribution in [0, 0.1) is 0 Å². The summed E-state index contributed by atoms with van der Waals surface area (Å²) < 4.78 is 7.38. The van der Waals surface area contributed by atoms with Gasteiger partial charge in [-0.25, -0.2) is 0 Å². The number of benzene rings is 1. The van der Waals surface area contributed by atoms with E-state index in [0.717, 1.165) is 20.9 Å². The Hall–Kier alpha value is -1.14. The molecular formula is C14H13Br2NO3. The summed E-state index contributed by atoms with van der Waals surface area (Å²) >= 11 is 6.86. The van der Waals surface area contributed by atoms with E-state index in [1.165, 1.54) is 0 Å². The fourth-order valence-corrected chi connectivity index (χ4v) is 3.23. The highest BCUT2D eigenvalue weighted by molar-refractivity contribution is 9.11. The van der Waals surface area contributed by atoms with Crippen LogP contribution < -0.4 is 10.1 Å². The molecule has 1 heterocycles. The Kier molecular flexibility index (Phi) is 4.99. The first-order valence-electron chi connectivity index (χ1n) is 6.18. The van der Waals surface area contributed by atoms with Crippen molar-refractivity contribution >= 4 is 49.8 Å². The Labute approximate surface area is 133 Å². The maximum Gasteiger partial charge on any atom is 0.254 e. The summed E-state index contributed by atoms with van der Waals surface area (Å²) in [4.78, 5) is 22.8. The second-order valence-electron chi connectivity index (χ2n) is 4.38. The summed E-state index contributed by atoms with van der Waals surface area (Å²) in [5.74, 6) is 0.0635. The monoisotopic (exact) mass is 401 g/mol. The van der Waals surface area contributed by atoms with E-state index in [0.29, 0.717) is 17.9 Å². The minimum atomic E-state index is -0.340. The second-order valence-corrected chi connectivity index (χ2v) is 6.15. The maximum atomic E-state index is 11.6. The molecule has 0 atom stereocenters. The van der Waals surface area contributed by atoms with E-state index < -0.39 is 0 Å². The van der Waals surface area contributed by atoms with E-state index >= 15 is 0 Å². The molecular weight excluding hydrogens is 390 g/mol. The molecule has 106 valence electrons. The largest absolute Gasteiger partial charge is 0.492 e. The van der Waals surface area contributed by atoms with E-state index in [1.807, 2.05) is 19.1 Å². The topological polar surface area (TPSA) is 55.4 Å². The van der Waals surface area contributed by atoms with E-state index in [-0.39, 0.29) is 18.2 Å². The van der Waals surface area contributed by atoms with Crippen molar-refractivity contribution in [1.82, 2.24) is 5.32 Å². The van der Waals surface area contributed by atoms with Crippen LogP contribution in [0.25, 0.3) is 6.08 Å². The van der Waals surface area contributed by atoms with Gasteiger partial charge in [0.15, 0.2) is 0 Å². The number of carbonyl (C=O) groups is 2. The number of rotatable bonds is 4. The third kappa shape index (κ3) is 3.49. The SMILES string of the molecule is CCCOc1c(Br)cc(Br)cc1C=C1CC(=O)NC1=O. The van der Waals surface area contributed by atoms with Gasteiger partial charge in [0, 0.05) is 15.6 Å². The smallest absolute Gasteiger partial charge is 0.254 e. The lowest BCUT2D eigenvalue weighted by atomic mass is 10.1. The van der Waals surface area contributed by atoms with Crippen LogP contribution >= 0.6 is 31.9 Å².